The van der Waals surface area contributed by atoms with Crippen molar-refractivity contribution in [1.29, 1.82) is 0 Å². The molecule has 48 heavy (non-hydrogen) atoms. The van der Waals surface area contributed by atoms with E-state index in [2.05, 4.69) is 180 Å². The quantitative estimate of drug-likeness (QED) is 0.193. The monoisotopic (exact) mass is 611 g/mol. The third-order valence-electron chi connectivity index (χ3n) is 9.79. The molecule has 224 valence electrons. The molecule has 0 N–H and O–H groups in total. The van der Waals surface area contributed by atoms with Crippen LogP contribution < -0.4 is 4.74 Å². The fourth-order valence-corrected chi connectivity index (χ4v) is 7.57. The Labute approximate surface area is 278 Å². The van der Waals surface area contributed by atoms with Gasteiger partial charge in [0.1, 0.15) is 11.5 Å². The van der Waals surface area contributed by atoms with Crippen molar-refractivity contribution in [1.82, 2.24) is 4.57 Å². The highest BCUT2D eigenvalue weighted by atomic mass is 16.5. The summed E-state index contributed by atoms with van der Waals surface area (Å²) in [5.41, 5.74) is 13.1. The van der Waals surface area contributed by atoms with E-state index in [1.165, 1.54) is 77.2 Å². The summed E-state index contributed by atoms with van der Waals surface area (Å²) in [6.45, 7) is 0. The minimum atomic E-state index is 0.891. The zero-order chi connectivity index (χ0) is 31.6. The maximum absolute atomic E-state index is 6.53. The summed E-state index contributed by atoms with van der Waals surface area (Å²) in [5, 5.41) is 4.89. The van der Waals surface area contributed by atoms with E-state index in [-0.39, 0.29) is 0 Å². The lowest BCUT2D eigenvalue weighted by Crippen LogP contribution is -1.98. The van der Waals surface area contributed by atoms with Gasteiger partial charge in [0.15, 0.2) is 0 Å². The third kappa shape index (κ3) is 4.13. The second-order valence-corrected chi connectivity index (χ2v) is 12.5. The Morgan fingerprint density at radius 2 is 0.958 bits per heavy atom. The summed E-state index contributed by atoms with van der Waals surface area (Å²) in [5.74, 6) is 1.80. The molecule has 2 heterocycles. The van der Waals surface area contributed by atoms with Crippen LogP contribution in [0.2, 0.25) is 0 Å². The zero-order valence-electron chi connectivity index (χ0n) is 26.1. The Morgan fingerprint density at radius 3 is 1.81 bits per heavy atom. The lowest BCUT2D eigenvalue weighted by molar-refractivity contribution is 0.487. The first kappa shape index (κ1) is 26.8. The average Bonchev–Trinajstić information content (AvgIpc) is 3.49. The Kier molecular flexibility index (Phi) is 5.91. The number of benzene rings is 8. The standard InChI is InChI=1S/C46H29NO/c1-3-11-30(12-4-1)36-23-26-45-46-38(36)18-10-19-39(46)41-29-34(22-25-44(41)48-45)32-14-9-13-31(27-32)33-21-24-43-40(28-33)37-17-7-8-20-42(37)47(43)35-15-5-2-6-16-35/h1-29H. The second kappa shape index (κ2) is 10.6. The molecule has 0 radical (unpaired) electrons. The summed E-state index contributed by atoms with van der Waals surface area (Å²) in [6.07, 6.45) is 0. The van der Waals surface area contributed by atoms with Crippen LogP contribution in [0.4, 0.5) is 0 Å². The van der Waals surface area contributed by atoms with Gasteiger partial charge in [-0.05, 0) is 98.9 Å². The van der Waals surface area contributed by atoms with Crippen LogP contribution in [0.3, 0.4) is 0 Å². The van der Waals surface area contributed by atoms with Crippen LogP contribution in [-0.4, -0.2) is 4.57 Å². The fraction of sp³-hybridized carbons (Fsp3) is 0. The van der Waals surface area contributed by atoms with Gasteiger partial charge in [0.2, 0.25) is 0 Å². The largest absolute Gasteiger partial charge is 0.456 e. The molecular formula is C46H29NO. The van der Waals surface area contributed by atoms with Crippen LogP contribution in [0, 0.1) is 0 Å². The van der Waals surface area contributed by atoms with Gasteiger partial charge >= 0.3 is 0 Å². The van der Waals surface area contributed by atoms with Gasteiger partial charge in [-0.1, -0.05) is 121 Å². The number of rotatable bonds is 4. The van der Waals surface area contributed by atoms with Crippen molar-refractivity contribution in [3.05, 3.63) is 176 Å². The Balaban J connectivity index is 1.08. The van der Waals surface area contributed by atoms with Crippen LogP contribution in [0.25, 0.3) is 82.8 Å². The van der Waals surface area contributed by atoms with Crippen LogP contribution in [-0.2, 0) is 0 Å². The summed E-state index contributed by atoms with van der Waals surface area (Å²) in [4.78, 5) is 0. The van der Waals surface area contributed by atoms with Crippen LogP contribution in [0.1, 0.15) is 0 Å². The molecule has 0 unspecified atom stereocenters. The Hall–Kier alpha value is -6.38. The maximum Gasteiger partial charge on any atom is 0.135 e. The molecule has 1 aliphatic rings. The number of hydrogen-bond acceptors (Lipinski definition) is 1. The highest BCUT2D eigenvalue weighted by Gasteiger charge is 2.22. The van der Waals surface area contributed by atoms with Crippen molar-refractivity contribution in [2.75, 3.05) is 0 Å². The van der Waals surface area contributed by atoms with Gasteiger partial charge in [-0.25, -0.2) is 0 Å². The van der Waals surface area contributed by atoms with E-state index in [1.54, 1.807) is 0 Å². The van der Waals surface area contributed by atoms with Gasteiger partial charge in [0.25, 0.3) is 0 Å². The molecule has 1 aromatic heterocycles. The van der Waals surface area contributed by atoms with E-state index in [1.807, 2.05) is 0 Å². The van der Waals surface area contributed by atoms with Gasteiger partial charge in [-0.2, -0.15) is 0 Å². The zero-order valence-corrected chi connectivity index (χ0v) is 26.1. The van der Waals surface area contributed by atoms with Crippen LogP contribution in [0.5, 0.6) is 11.5 Å². The van der Waals surface area contributed by atoms with Crippen molar-refractivity contribution in [2.24, 2.45) is 0 Å². The van der Waals surface area contributed by atoms with Gasteiger partial charge in [0.05, 0.1) is 11.0 Å². The van der Waals surface area contributed by atoms with Gasteiger partial charge in [0, 0.05) is 27.4 Å². The number of hydrogen-bond donors (Lipinski definition) is 0. The van der Waals surface area contributed by atoms with Gasteiger partial charge < -0.3 is 9.30 Å². The summed E-state index contributed by atoms with van der Waals surface area (Å²) >= 11 is 0. The number of fused-ring (bicyclic) bond motifs is 5. The minimum Gasteiger partial charge on any atom is -0.456 e. The first-order chi connectivity index (χ1) is 23.8. The minimum absolute atomic E-state index is 0.891. The molecule has 10 rings (SSSR count). The second-order valence-electron chi connectivity index (χ2n) is 12.5. The van der Waals surface area contributed by atoms with E-state index < -0.39 is 0 Å². The highest BCUT2D eigenvalue weighted by molar-refractivity contribution is 6.11. The van der Waals surface area contributed by atoms with Gasteiger partial charge in [-0.3, -0.25) is 0 Å². The molecule has 0 atom stereocenters. The van der Waals surface area contributed by atoms with Crippen molar-refractivity contribution in [3.8, 4) is 61.7 Å². The van der Waals surface area contributed by atoms with Crippen molar-refractivity contribution < 1.29 is 4.74 Å². The van der Waals surface area contributed by atoms with E-state index in [0.29, 0.717) is 0 Å². The highest BCUT2D eigenvalue weighted by Crippen LogP contribution is 2.49. The topological polar surface area (TPSA) is 14.2 Å². The van der Waals surface area contributed by atoms with E-state index in [0.717, 1.165) is 17.1 Å². The molecule has 9 aromatic rings. The molecule has 0 saturated carbocycles. The maximum atomic E-state index is 6.53. The molecule has 0 amide bonds. The molecule has 0 aliphatic carbocycles. The summed E-state index contributed by atoms with van der Waals surface area (Å²) in [6, 6.07) is 63.2. The average molecular weight is 612 g/mol. The third-order valence-corrected chi connectivity index (χ3v) is 9.79. The van der Waals surface area contributed by atoms with E-state index >= 15 is 0 Å². The van der Waals surface area contributed by atoms with Crippen molar-refractivity contribution >= 4 is 32.6 Å². The molecule has 1 aliphatic heterocycles. The van der Waals surface area contributed by atoms with Crippen molar-refractivity contribution in [3.63, 3.8) is 0 Å². The molecule has 0 fully saturated rings. The molecule has 0 saturated heterocycles. The molecule has 8 aromatic carbocycles. The van der Waals surface area contributed by atoms with Gasteiger partial charge in [-0.15, -0.1) is 0 Å². The predicted octanol–water partition coefficient (Wildman–Crippen LogP) is 12.7. The number of aromatic nitrogens is 1. The lowest BCUT2D eigenvalue weighted by Gasteiger charge is -2.23. The Bertz CT molecular complexity index is 2690. The molecule has 2 heteroatoms. The number of nitrogens with zero attached hydrogens (tertiary/aromatic N) is 1. The predicted molar refractivity (Wildman–Crippen MR) is 200 cm³/mol. The summed E-state index contributed by atoms with van der Waals surface area (Å²) in [7, 11) is 0. The first-order valence-electron chi connectivity index (χ1n) is 16.4. The molecule has 2 nitrogen and oxygen atoms in total. The molecule has 0 bridgehead atoms. The van der Waals surface area contributed by atoms with Crippen LogP contribution >= 0.6 is 0 Å². The first-order valence-corrected chi connectivity index (χ1v) is 16.4. The summed E-state index contributed by atoms with van der Waals surface area (Å²) < 4.78 is 8.89. The number of para-hydroxylation sites is 2. The molecule has 0 spiro atoms. The number of ether oxygens (including phenoxy) is 1. The fourth-order valence-electron chi connectivity index (χ4n) is 7.57. The molecular weight excluding hydrogens is 583 g/mol. The van der Waals surface area contributed by atoms with Crippen molar-refractivity contribution in [2.45, 2.75) is 0 Å². The normalized spacial score (nSPS) is 11.9. The Morgan fingerprint density at radius 1 is 0.333 bits per heavy atom. The lowest BCUT2D eigenvalue weighted by atomic mass is 9.89. The van der Waals surface area contributed by atoms with Crippen LogP contribution in [0.15, 0.2) is 176 Å². The SMILES string of the molecule is c1ccc(-c2ccc3c4c(cccc24)-c2cc(-c4cccc(-c5ccc6c(c5)c5ccccc5n6-c5ccccc5)c4)ccc2O3)cc1. The van der Waals surface area contributed by atoms with E-state index in [9.17, 15) is 0 Å². The smallest absolute Gasteiger partial charge is 0.135 e. The van der Waals surface area contributed by atoms with E-state index in [4.69, 9.17) is 4.74 Å².